The van der Waals surface area contributed by atoms with E-state index in [9.17, 15) is 43.8 Å². The van der Waals surface area contributed by atoms with E-state index in [4.69, 9.17) is 11.5 Å². The molecule has 0 aromatic carbocycles. The van der Waals surface area contributed by atoms with Crippen molar-refractivity contribution in [3.05, 3.63) is 0 Å². The highest BCUT2D eigenvalue weighted by Gasteiger charge is 2.34. The first-order chi connectivity index (χ1) is 24.6. The minimum absolute atomic E-state index is 0.112. The maximum absolute atomic E-state index is 13.6. The van der Waals surface area contributed by atoms with Crippen molar-refractivity contribution in [2.24, 2.45) is 23.3 Å². The minimum atomic E-state index is -1.51. The first kappa shape index (κ1) is 48.9. The van der Waals surface area contributed by atoms with Crippen LogP contribution >= 0.6 is 23.5 Å². The molecule has 6 amide bonds. The molecule has 0 aromatic heterocycles. The van der Waals surface area contributed by atoms with Crippen molar-refractivity contribution < 1.29 is 43.8 Å². The third-order valence-electron chi connectivity index (χ3n) is 8.20. The molecule has 0 saturated carbocycles. The van der Waals surface area contributed by atoms with Crippen molar-refractivity contribution in [3.8, 4) is 0 Å². The highest BCUT2D eigenvalue weighted by Crippen LogP contribution is 2.12. The van der Waals surface area contributed by atoms with E-state index in [1.54, 1.807) is 13.8 Å². The molecule has 0 rings (SSSR count). The second-order valence-corrected chi connectivity index (χ2v) is 14.9. The molecule has 19 heteroatoms. The number of hydrogen-bond donors (Lipinski definition) is 10. The van der Waals surface area contributed by atoms with E-state index in [0.29, 0.717) is 37.3 Å². The molecule has 12 N–H and O–H groups in total. The summed E-state index contributed by atoms with van der Waals surface area (Å²) >= 11 is 2.90. The summed E-state index contributed by atoms with van der Waals surface area (Å²) in [5.74, 6) is -4.91. The van der Waals surface area contributed by atoms with Gasteiger partial charge in [0, 0.05) is 0 Å². The van der Waals surface area contributed by atoms with Gasteiger partial charge in [0.25, 0.3) is 0 Å². The van der Waals surface area contributed by atoms with Crippen LogP contribution in [0.3, 0.4) is 0 Å². The van der Waals surface area contributed by atoms with Crippen LogP contribution < -0.4 is 43.4 Å². The Labute approximate surface area is 315 Å². The van der Waals surface area contributed by atoms with Crippen molar-refractivity contribution in [2.45, 2.75) is 109 Å². The first-order valence-corrected chi connectivity index (χ1v) is 20.4. The number of unbranched alkanes of at least 4 members (excludes halogenated alkanes) is 1. The number of thioether (sulfide) groups is 2. The fourth-order valence-corrected chi connectivity index (χ4v) is 5.89. The van der Waals surface area contributed by atoms with Crippen LogP contribution in [-0.2, 0) is 33.6 Å². The van der Waals surface area contributed by atoms with E-state index in [-0.39, 0.29) is 38.1 Å². The minimum Gasteiger partial charge on any atom is -0.480 e. The zero-order valence-electron chi connectivity index (χ0n) is 31.3. The largest absolute Gasteiger partial charge is 0.480 e. The number of nitrogens with one attached hydrogen (secondary N) is 6. The molecule has 300 valence electrons. The van der Waals surface area contributed by atoms with E-state index >= 15 is 0 Å². The fourth-order valence-electron chi connectivity index (χ4n) is 4.94. The van der Waals surface area contributed by atoms with Crippen LogP contribution in [0.25, 0.3) is 0 Å². The number of amides is 6. The van der Waals surface area contributed by atoms with Crippen LogP contribution in [0, 0.1) is 11.8 Å². The molecule has 0 aliphatic rings. The molecule has 52 heavy (non-hydrogen) atoms. The number of carboxylic acid groups (broad SMARTS) is 1. The zero-order chi connectivity index (χ0) is 39.8. The Balaban J connectivity index is 6.00. The van der Waals surface area contributed by atoms with Crippen molar-refractivity contribution in [1.82, 2.24) is 31.9 Å². The second-order valence-electron chi connectivity index (χ2n) is 12.9. The van der Waals surface area contributed by atoms with Gasteiger partial charge in [-0.3, -0.25) is 28.8 Å². The van der Waals surface area contributed by atoms with Crippen LogP contribution in [0.2, 0.25) is 0 Å². The smallest absolute Gasteiger partial charge is 0.326 e. The van der Waals surface area contributed by atoms with Crippen molar-refractivity contribution in [2.75, 3.05) is 43.7 Å². The Hall–Kier alpha value is -3.13. The van der Waals surface area contributed by atoms with Gasteiger partial charge in [-0.15, -0.1) is 0 Å². The first-order valence-electron chi connectivity index (χ1n) is 17.6. The summed E-state index contributed by atoms with van der Waals surface area (Å²) in [6.45, 7) is 6.37. The molecular formula is C33H62N8O9S2. The summed E-state index contributed by atoms with van der Waals surface area (Å²) in [7, 11) is 0. The maximum atomic E-state index is 13.6. The van der Waals surface area contributed by atoms with Gasteiger partial charge in [-0.1, -0.05) is 34.1 Å². The molecule has 0 heterocycles. The molecule has 0 saturated heterocycles. The lowest BCUT2D eigenvalue weighted by Crippen LogP contribution is -2.61. The van der Waals surface area contributed by atoms with Gasteiger partial charge >= 0.3 is 5.97 Å². The highest BCUT2D eigenvalue weighted by atomic mass is 32.2. The summed E-state index contributed by atoms with van der Waals surface area (Å²) in [6, 6.07) is -7.07. The van der Waals surface area contributed by atoms with Crippen molar-refractivity contribution >= 4 is 64.9 Å². The Morgan fingerprint density at radius 2 is 1.12 bits per heavy atom. The third kappa shape index (κ3) is 19.1. The van der Waals surface area contributed by atoms with Crippen molar-refractivity contribution in [3.63, 3.8) is 0 Å². The quantitative estimate of drug-likeness (QED) is 0.0412. The van der Waals surface area contributed by atoms with Crippen LogP contribution in [-0.4, -0.2) is 132 Å². The molecule has 17 nitrogen and oxygen atoms in total. The number of hydrogen-bond acceptors (Lipinski definition) is 12. The zero-order valence-corrected chi connectivity index (χ0v) is 33.0. The van der Waals surface area contributed by atoms with E-state index in [1.807, 2.05) is 26.4 Å². The van der Waals surface area contributed by atoms with Gasteiger partial charge in [-0.25, -0.2) is 4.79 Å². The molecule has 0 aromatic rings. The van der Waals surface area contributed by atoms with Crippen LogP contribution in [0.4, 0.5) is 0 Å². The van der Waals surface area contributed by atoms with Crippen LogP contribution in [0.15, 0.2) is 0 Å². The Bertz CT molecular complexity index is 1150. The molecule has 7 atom stereocenters. The number of carbonyl (C=O) groups excluding carboxylic acids is 6. The number of rotatable bonds is 28. The summed E-state index contributed by atoms with van der Waals surface area (Å²) in [5, 5.41) is 35.2. The predicted octanol–water partition coefficient (Wildman–Crippen LogP) is -1.34. The summed E-state index contributed by atoms with van der Waals surface area (Å²) in [6.07, 6.45) is 5.94. The summed E-state index contributed by atoms with van der Waals surface area (Å²) in [5.41, 5.74) is 10.9. The van der Waals surface area contributed by atoms with Gasteiger partial charge in [0.1, 0.15) is 36.3 Å². The highest BCUT2D eigenvalue weighted by molar-refractivity contribution is 7.98. The average molecular weight is 779 g/mol. The number of carbonyl (C=O) groups is 7. The topological polar surface area (TPSA) is 284 Å². The van der Waals surface area contributed by atoms with Gasteiger partial charge in [0.15, 0.2) is 0 Å². The molecule has 0 spiro atoms. The number of aliphatic hydroxyl groups is 1. The van der Waals surface area contributed by atoms with Gasteiger partial charge in [-0.05, 0) is 80.9 Å². The van der Waals surface area contributed by atoms with Crippen molar-refractivity contribution in [1.29, 1.82) is 0 Å². The SMILES string of the molecule is CCC(C)C(NC(=O)C(CCSC)NC(=O)CN)C(=O)NC(CO)C(=O)NC(CC(C)C)C(=O)NC(CCSC)C(=O)NC(CCCCN)C(=O)O. The van der Waals surface area contributed by atoms with E-state index in [0.717, 1.165) is 0 Å². The Morgan fingerprint density at radius 3 is 1.60 bits per heavy atom. The average Bonchev–Trinajstić information content (AvgIpc) is 3.10. The lowest BCUT2D eigenvalue weighted by atomic mass is 9.97. The van der Waals surface area contributed by atoms with Crippen LogP contribution in [0.1, 0.15) is 72.6 Å². The van der Waals surface area contributed by atoms with Gasteiger partial charge in [0.2, 0.25) is 35.4 Å². The molecule has 0 aliphatic carbocycles. The third-order valence-corrected chi connectivity index (χ3v) is 9.49. The molecular weight excluding hydrogens is 717 g/mol. The van der Waals surface area contributed by atoms with E-state index < -0.39 is 90.2 Å². The molecule has 0 fully saturated rings. The molecule has 0 bridgehead atoms. The monoisotopic (exact) mass is 778 g/mol. The van der Waals surface area contributed by atoms with E-state index in [2.05, 4.69) is 31.9 Å². The summed E-state index contributed by atoms with van der Waals surface area (Å²) in [4.78, 5) is 90.7. The second kappa shape index (κ2) is 27.5. The Kier molecular flexibility index (Phi) is 25.8. The number of aliphatic hydroxyl groups excluding tert-OH is 1. The number of nitrogens with two attached hydrogens (primary N) is 2. The molecule has 0 aliphatic heterocycles. The normalized spacial score (nSPS) is 15.2. The number of carboxylic acids is 1. The fraction of sp³-hybridized carbons (Fsp3) is 0.788. The molecule has 7 unspecified atom stereocenters. The van der Waals surface area contributed by atoms with Crippen LogP contribution in [0.5, 0.6) is 0 Å². The summed E-state index contributed by atoms with van der Waals surface area (Å²) < 4.78 is 0. The van der Waals surface area contributed by atoms with Gasteiger partial charge in [0.05, 0.1) is 13.2 Å². The Morgan fingerprint density at radius 1 is 0.635 bits per heavy atom. The predicted molar refractivity (Wildman–Crippen MR) is 203 cm³/mol. The van der Waals surface area contributed by atoms with Gasteiger partial charge < -0.3 is 53.6 Å². The standard InChI is InChI=1S/C33H62N8O9S2/c1-7-20(4)27(41-29(45)21(11-14-51-5)36-26(43)17-35)32(48)40-25(18-42)31(47)39-24(16-19(2)3)30(46)37-22(12-15-52-6)28(44)38-23(33(49)50)10-8-9-13-34/h19-25,27,42H,7-18,34-35H2,1-6H3,(H,36,43)(H,37,46)(H,38,44)(H,39,47)(H,40,48)(H,41,45)(H,49,50). The maximum Gasteiger partial charge on any atom is 0.326 e. The lowest BCUT2D eigenvalue weighted by molar-refractivity contribution is -0.142. The number of aliphatic carboxylic acids is 1. The lowest BCUT2D eigenvalue weighted by Gasteiger charge is -2.29. The molecule has 0 radical (unpaired) electrons. The van der Waals surface area contributed by atoms with E-state index in [1.165, 1.54) is 23.5 Å². The van der Waals surface area contributed by atoms with Gasteiger partial charge in [-0.2, -0.15) is 23.5 Å².